The Hall–Kier alpha value is -2.02. The number of rotatable bonds is 2. The van der Waals surface area contributed by atoms with Gasteiger partial charge in [0.2, 0.25) is 0 Å². The molecule has 1 atom stereocenters. The van der Waals surface area contributed by atoms with Crippen LogP contribution in [0, 0.1) is 18.6 Å². The van der Waals surface area contributed by atoms with Crippen LogP contribution in [0.5, 0.6) is 0 Å². The lowest BCUT2D eigenvalue weighted by Gasteiger charge is -2.31. The van der Waals surface area contributed by atoms with Crippen molar-refractivity contribution in [2.75, 3.05) is 26.8 Å². The lowest BCUT2D eigenvalue weighted by atomic mass is 10.1. The van der Waals surface area contributed by atoms with Gasteiger partial charge in [0.05, 0.1) is 25.8 Å². The van der Waals surface area contributed by atoms with Crippen molar-refractivity contribution < 1.29 is 27.8 Å². The summed E-state index contributed by atoms with van der Waals surface area (Å²) in [4.78, 5) is 25.0. The molecule has 0 aliphatic carbocycles. The molecule has 1 aliphatic rings. The first-order valence-corrected chi connectivity index (χ1v) is 6.38. The van der Waals surface area contributed by atoms with Gasteiger partial charge >= 0.3 is 5.97 Å². The fourth-order valence-corrected chi connectivity index (χ4v) is 2.10. The summed E-state index contributed by atoms with van der Waals surface area (Å²) in [5, 5.41) is 0. The Kier molecular flexibility index (Phi) is 4.52. The lowest BCUT2D eigenvalue weighted by molar-refractivity contribution is -0.158. The molecular formula is C14H15F2NO4. The van der Waals surface area contributed by atoms with Crippen LogP contribution < -0.4 is 0 Å². The van der Waals surface area contributed by atoms with Gasteiger partial charge in [-0.3, -0.25) is 4.79 Å². The van der Waals surface area contributed by atoms with Crippen LogP contribution in [0.3, 0.4) is 0 Å². The molecule has 1 aliphatic heterocycles. The van der Waals surface area contributed by atoms with Crippen molar-refractivity contribution >= 4 is 11.9 Å². The number of morpholine rings is 1. The summed E-state index contributed by atoms with van der Waals surface area (Å²) in [6.45, 7) is 1.79. The van der Waals surface area contributed by atoms with Gasteiger partial charge in [-0.2, -0.15) is 0 Å². The molecule has 1 fully saturated rings. The summed E-state index contributed by atoms with van der Waals surface area (Å²) >= 11 is 0. The van der Waals surface area contributed by atoms with Crippen LogP contribution in [0.2, 0.25) is 0 Å². The van der Waals surface area contributed by atoms with E-state index in [1.54, 1.807) is 0 Å². The highest BCUT2D eigenvalue weighted by atomic mass is 19.1. The molecule has 0 N–H and O–H groups in total. The number of nitrogens with zero attached hydrogens (tertiary/aromatic N) is 1. The second kappa shape index (κ2) is 6.17. The van der Waals surface area contributed by atoms with E-state index in [0.29, 0.717) is 6.07 Å². The minimum absolute atomic E-state index is 0.0264. The van der Waals surface area contributed by atoms with Crippen LogP contribution in [-0.2, 0) is 14.3 Å². The van der Waals surface area contributed by atoms with E-state index >= 15 is 0 Å². The van der Waals surface area contributed by atoms with Crippen LogP contribution in [0.25, 0.3) is 0 Å². The molecule has 7 heteroatoms. The van der Waals surface area contributed by atoms with E-state index in [4.69, 9.17) is 4.74 Å². The van der Waals surface area contributed by atoms with E-state index < -0.39 is 29.6 Å². The summed E-state index contributed by atoms with van der Waals surface area (Å²) in [5.41, 5.74) is -0.0445. The van der Waals surface area contributed by atoms with Crippen molar-refractivity contribution in [3.05, 3.63) is 34.9 Å². The Labute approximate surface area is 120 Å². The smallest absolute Gasteiger partial charge is 0.336 e. The number of aryl methyl sites for hydroxylation is 1. The van der Waals surface area contributed by atoms with Crippen LogP contribution in [0.1, 0.15) is 15.9 Å². The lowest BCUT2D eigenvalue weighted by Crippen LogP contribution is -2.49. The maximum atomic E-state index is 13.7. The molecule has 1 amide bonds. The number of halogens is 2. The number of amides is 1. The molecule has 0 bridgehead atoms. The average molecular weight is 299 g/mol. The molecular weight excluding hydrogens is 284 g/mol. The molecule has 5 nitrogen and oxygen atoms in total. The number of benzene rings is 1. The molecule has 0 radical (unpaired) electrons. The number of hydrogen-bond acceptors (Lipinski definition) is 4. The Morgan fingerprint density at radius 1 is 1.33 bits per heavy atom. The number of ether oxygens (including phenoxy) is 2. The Morgan fingerprint density at radius 3 is 2.71 bits per heavy atom. The minimum Gasteiger partial charge on any atom is -0.467 e. The fourth-order valence-electron chi connectivity index (χ4n) is 2.10. The summed E-state index contributed by atoms with van der Waals surface area (Å²) in [6.07, 6.45) is -0.891. The predicted molar refractivity (Wildman–Crippen MR) is 68.8 cm³/mol. The average Bonchev–Trinajstić information content (AvgIpc) is 2.49. The topological polar surface area (TPSA) is 55.8 Å². The van der Waals surface area contributed by atoms with Crippen LogP contribution >= 0.6 is 0 Å². The zero-order valence-electron chi connectivity index (χ0n) is 11.7. The predicted octanol–water partition coefficient (Wildman–Crippen LogP) is 1.29. The van der Waals surface area contributed by atoms with Crippen molar-refractivity contribution in [1.29, 1.82) is 0 Å². The van der Waals surface area contributed by atoms with E-state index in [0.717, 1.165) is 6.07 Å². The molecule has 1 saturated heterocycles. The van der Waals surface area contributed by atoms with Crippen molar-refractivity contribution in [1.82, 2.24) is 4.90 Å². The van der Waals surface area contributed by atoms with Gasteiger partial charge in [-0.1, -0.05) is 0 Å². The third-order valence-corrected chi connectivity index (χ3v) is 3.30. The number of hydrogen-bond donors (Lipinski definition) is 0. The molecule has 1 heterocycles. The molecule has 1 unspecified atom stereocenters. The molecule has 1 aromatic rings. The summed E-state index contributed by atoms with van der Waals surface area (Å²) in [5.74, 6) is -2.83. The highest BCUT2D eigenvalue weighted by molar-refractivity contribution is 5.95. The van der Waals surface area contributed by atoms with Gasteiger partial charge in [-0.05, 0) is 18.6 Å². The van der Waals surface area contributed by atoms with Crippen molar-refractivity contribution in [3.63, 3.8) is 0 Å². The molecule has 0 aromatic heterocycles. The first-order chi connectivity index (χ1) is 9.93. The van der Waals surface area contributed by atoms with Crippen molar-refractivity contribution in [2.45, 2.75) is 13.0 Å². The maximum absolute atomic E-state index is 13.7. The molecule has 0 spiro atoms. The number of carbonyl (C=O) groups excluding carboxylic acids is 2. The van der Waals surface area contributed by atoms with Crippen molar-refractivity contribution in [3.8, 4) is 0 Å². The van der Waals surface area contributed by atoms with Crippen molar-refractivity contribution in [2.24, 2.45) is 0 Å². The maximum Gasteiger partial charge on any atom is 0.336 e. The Bertz CT molecular complexity index is 576. The molecule has 114 valence electrons. The van der Waals surface area contributed by atoms with Gasteiger partial charge in [0.25, 0.3) is 5.91 Å². The second-order valence-corrected chi connectivity index (χ2v) is 4.71. The highest BCUT2D eigenvalue weighted by Gasteiger charge is 2.31. The van der Waals surface area contributed by atoms with Gasteiger partial charge in [0.15, 0.2) is 6.10 Å². The van der Waals surface area contributed by atoms with Gasteiger partial charge in [-0.15, -0.1) is 0 Å². The monoisotopic (exact) mass is 299 g/mol. The highest BCUT2D eigenvalue weighted by Crippen LogP contribution is 2.18. The Morgan fingerprint density at radius 2 is 2.05 bits per heavy atom. The SMILES string of the molecule is COC(=O)C1CN(C(=O)c2cc(C)c(F)cc2F)CCO1. The quantitative estimate of drug-likeness (QED) is 0.772. The summed E-state index contributed by atoms with van der Waals surface area (Å²) < 4.78 is 36.7. The van der Waals surface area contributed by atoms with Gasteiger partial charge in [0.1, 0.15) is 11.6 Å². The largest absolute Gasteiger partial charge is 0.467 e. The van der Waals surface area contributed by atoms with E-state index in [2.05, 4.69) is 4.74 Å². The first-order valence-electron chi connectivity index (χ1n) is 6.38. The van der Waals surface area contributed by atoms with E-state index in [9.17, 15) is 18.4 Å². The molecule has 0 saturated carbocycles. The van der Waals surface area contributed by atoms with Crippen LogP contribution in [0.4, 0.5) is 8.78 Å². The standard InChI is InChI=1S/C14H15F2NO4/c1-8-5-9(11(16)6-10(8)15)13(18)17-3-4-21-12(7-17)14(19)20-2/h5-6,12H,3-4,7H2,1-2H3. The summed E-state index contributed by atoms with van der Waals surface area (Å²) in [7, 11) is 1.22. The first kappa shape index (κ1) is 15.4. The second-order valence-electron chi connectivity index (χ2n) is 4.71. The summed E-state index contributed by atoms with van der Waals surface area (Å²) in [6, 6.07) is 1.84. The van der Waals surface area contributed by atoms with Gasteiger partial charge < -0.3 is 14.4 Å². The third-order valence-electron chi connectivity index (χ3n) is 3.30. The zero-order chi connectivity index (χ0) is 15.6. The number of methoxy groups -OCH3 is 1. The van der Waals surface area contributed by atoms with E-state index in [-0.39, 0.29) is 30.8 Å². The molecule has 2 rings (SSSR count). The van der Waals surface area contributed by atoms with Gasteiger partial charge in [-0.25, -0.2) is 13.6 Å². The zero-order valence-corrected chi connectivity index (χ0v) is 11.7. The number of esters is 1. The molecule has 21 heavy (non-hydrogen) atoms. The van der Waals surface area contributed by atoms with Crippen LogP contribution in [-0.4, -0.2) is 49.7 Å². The van der Waals surface area contributed by atoms with Crippen LogP contribution in [0.15, 0.2) is 12.1 Å². The fraction of sp³-hybridized carbons (Fsp3) is 0.429. The normalized spacial score (nSPS) is 18.5. The Balaban J connectivity index is 2.20. The third kappa shape index (κ3) is 3.18. The molecule has 1 aromatic carbocycles. The van der Waals surface area contributed by atoms with E-state index in [1.165, 1.54) is 18.9 Å². The van der Waals surface area contributed by atoms with E-state index in [1.807, 2.05) is 0 Å². The number of carbonyl (C=O) groups is 2. The van der Waals surface area contributed by atoms with Gasteiger partial charge in [0, 0.05) is 12.6 Å². The minimum atomic E-state index is -0.927.